The van der Waals surface area contributed by atoms with Gasteiger partial charge in [0.25, 0.3) is 5.91 Å². The zero-order chi connectivity index (χ0) is 16.5. The van der Waals surface area contributed by atoms with Gasteiger partial charge < -0.3 is 14.7 Å². The van der Waals surface area contributed by atoms with Crippen LogP contribution < -0.4 is 0 Å². The quantitative estimate of drug-likeness (QED) is 0.858. The fourth-order valence-corrected chi connectivity index (χ4v) is 3.34. The summed E-state index contributed by atoms with van der Waals surface area (Å²) in [6.07, 6.45) is 1.07. The van der Waals surface area contributed by atoms with E-state index in [0.29, 0.717) is 5.56 Å². The van der Waals surface area contributed by atoms with Crippen LogP contribution in [-0.4, -0.2) is 62.4 Å². The Balaban J connectivity index is 2.39. The van der Waals surface area contributed by atoms with Crippen LogP contribution in [0.5, 0.6) is 0 Å². The number of carboxylic acids is 1. The summed E-state index contributed by atoms with van der Waals surface area (Å²) < 4.78 is 28.6. The van der Waals surface area contributed by atoms with Gasteiger partial charge in [-0.1, -0.05) is 6.07 Å². The Hall–Kier alpha value is -1.93. The molecule has 1 aromatic carbocycles. The molecule has 0 saturated carbocycles. The Morgan fingerprint density at radius 1 is 1.36 bits per heavy atom. The summed E-state index contributed by atoms with van der Waals surface area (Å²) in [4.78, 5) is 25.0. The van der Waals surface area contributed by atoms with Crippen molar-refractivity contribution in [1.82, 2.24) is 4.90 Å². The van der Waals surface area contributed by atoms with Crippen LogP contribution in [0.1, 0.15) is 15.9 Å². The molecule has 0 bridgehead atoms. The van der Waals surface area contributed by atoms with Crippen LogP contribution in [-0.2, 0) is 19.4 Å². The minimum Gasteiger partial charge on any atom is -0.480 e. The highest BCUT2D eigenvalue weighted by Crippen LogP contribution is 2.20. The van der Waals surface area contributed by atoms with Crippen molar-refractivity contribution < 1.29 is 27.9 Å². The summed E-state index contributed by atoms with van der Waals surface area (Å²) in [5, 5.41) is 9.16. The van der Waals surface area contributed by atoms with E-state index in [2.05, 4.69) is 0 Å². The van der Waals surface area contributed by atoms with Gasteiger partial charge in [-0.3, -0.25) is 4.79 Å². The first kappa shape index (κ1) is 16.4. The third kappa shape index (κ3) is 3.28. The van der Waals surface area contributed by atoms with E-state index in [1.807, 2.05) is 0 Å². The number of hydrogen-bond acceptors (Lipinski definition) is 5. The minimum absolute atomic E-state index is 0.0680. The summed E-state index contributed by atoms with van der Waals surface area (Å²) in [5.41, 5.74) is 0.690. The molecule has 1 aliphatic rings. The number of aliphatic carboxylic acids is 1. The number of carboxylic acid groups (broad SMARTS) is 1. The molecule has 7 nitrogen and oxygen atoms in total. The molecule has 1 aliphatic heterocycles. The maximum absolute atomic E-state index is 12.5. The lowest BCUT2D eigenvalue weighted by Gasteiger charge is -2.33. The monoisotopic (exact) mass is 327 g/mol. The molecular weight excluding hydrogens is 310 g/mol. The van der Waals surface area contributed by atoms with Gasteiger partial charge in [-0.25, -0.2) is 13.2 Å². The fourth-order valence-electron chi connectivity index (χ4n) is 2.35. The minimum atomic E-state index is -3.46. The van der Waals surface area contributed by atoms with Gasteiger partial charge >= 0.3 is 5.97 Å². The van der Waals surface area contributed by atoms with Crippen LogP contribution in [0.3, 0.4) is 0 Å². The van der Waals surface area contributed by atoms with Crippen LogP contribution in [0.4, 0.5) is 0 Å². The molecule has 1 heterocycles. The molecule has 0 radical (unpaired) electrons. The first-order valence-electron chi connectivity index (χ1n) is 6.64. The van der Waals surface area contributed by atoms with Crippen molar-refractivity contribution in [2.24, 2.45) is 0 Å². The van der Waals surface area contributed by atoms with Crippen LogP contribution in [0, 0.1) is 6.92 Å². The molecule has 22 heavy (non-hydrogen) atoms. The standard InChI is InChI=1S/C14H17NO6S/c1-9-3-4-10(7-12(9)22(2,19)20)13(16)15-5-6-21-8-11(15)14(17)18/h3-4,7,11H,5-6,8H2,1-2H3,(H,17,18)/t11-/m0/s1. The van der Waals surface area contributed by atoms with Crippen LogP contribution in [0.25, 0.3) is 0 Å². The predicted octanol–water partition coefficient (Wildman–Crippen LogP) is 0.324. The van der Waals surface area contributed by atoms with Gasteiger partial charge in [0, 0.05) is 18.4 Å². The Labute approximate surface area is 128 Å². The Bertz CT molecular complexity index is 712. The van der Waals surface area contributed by atoms with Crippen molar-refractivity contribution in [2.45, 2.75) is 17.9 Å². The number of rotatable bonds is 3. The van der Waals surface area contributed by atoms with E-state index in [0.717, 1.165) is 6.26 Å². The van der Waals surface area contributed by atoms with Gasteiger partial charge in [0.15, 0.2) is 15.9 Å². The Morgan fingerprint density at radius 3 is 2.64 bits per heavy atom. The van der Waals surface area contributed by atoms with Gasteiger partial charge in [0.2, 0.25) is 0 Å². The van der Waals surface area contributed by atoms with Crippen molar-refractivity contribution in [1.29, 1.82) is 0 Å². The van der Waals surface area contributed by atoms with E-state index >= 15 is 0 Å². The van der Waals surface area contributed by atoms with Crippen molar-refractivity contribution in [3.63, 3.8) is 0 Å². The van der Waals surface area contributed by atoms with Crippen LogP contribution >= 0.6 is 0 Å². The molecule has 0 aromatic heterocycles. The summed E-state index contributed by atoms with van der Waals surface area (Å²) in [6, 6.07) is 3.27. The number of morpholine rings is 1. The van der Waals surface area contributed by atoms with Gasteiger partial charge in [0.05, 0.1) is 18.1 Å². The van der Waals surface area contributed by atoms with Gasteiger partial charge in [-0.05, 0) is 24.6 Å². The zero-order valence-electron chi connectivity index (χ0n) is 12.3. The number of sulfone groups is 1. The molecule has 0 spiro atoms. The van der Waals surface area contributed by atoms with Crippen molar-refractivity contribution in [2.75, 3.05) is 26.0 Å². The average molecular weight is 327 g/mol. The zero-order valence-corrected chi connectivity index (χ0v) is 13.1. The number of aryl methyl sites for hydroxylation is 1. The molecule has 0 unspecified atom stereocenters. The second-order valence-electron chi connectivity index (χ2n) is 5.18. The van der Waals surface area contributed by atoms with Gasteiger partial charge in [-0.2, -0.15) is 0 Å². The number of amides is 1. The Morgan fingerprint density at radius 2 is 2.05 bits per heavy atom. The number of carbonyl (C=O) groups is 2. The molecule has 8 heteroatoms. The molecule has 0 aliphatic carbocycles. The van der Waals surface area contributed by atoms with Crippen molar-refractivity contribution in [3.05, 3.63) is 29.3 Å². The second-order valence-corrected chi connectivity index (χ2v) is 7.16. The smallest absolute Gasteiger partial charge is 0.328 e. The molecular formula is C14H17NO6S. The number of carbonyl (C=O) groups excluding carboxylic acids is 1. The van der Waals surface area contributed by atoms with E-state index in [9.17, 15) is 18.0 Å². The molecule has 1 atom stereocenters. The van der Waals surface area contributed by atoms with E-state index in [-0.39, 0.29) is 30.2 Å². The summed E-state index contributed by atoms with van der Waals surface area (Å²) in [7, 11) is -3.46. The second kappa shape index (κ2) is 6.05. The van der Waals surface area contributed by atoms with E-state index < -0.39 is 27.8 Å². The van der Waals surface area contributed by atoms with E-state index in [4.69, 9.17) is 9.84 Å². The highest BCUT2D eigenvalue weighted by Gasteiger charge is 2.33. The maximum Gasteiger partial charge on any atom is 0.328 e. The normalized spacial score (nSPS) is 19.0. The lowest BCUT2D eigenvalue weighted by molar-refractivity contribution is -0.147. The molecule has 1 N–H and O–H groups in total. The maximum atomic E-state index is 12.5. The van der Waals surface area contributed by atoms with Crippen LogP contribution in [0.15, 0.2) is 23.1 Å². The number of benzene rings is 1. The topological polar surface area (TPSA) is 101 Å². The van der Waals surface area contributed by atoms with E-state index in [1.54, 1.807) is 13.0 Å². The summed E-state index contributed by atoms with van der Waals surface area (Å²) in [6.45, 7) is 1.96. The lowest BCUT2D eigenvalue weighted by Crippen LogP contribution is -2.52. The molecule has 1 amide bonds. The van der Waals surface area contributed by atoms with Gasteiger partial charge in [-0.15, -0.1) is 0 Å². The molecule has 120 valence electrons. The van der Waals surface area contributed by atoms with Gasteiger partial charge in [0.1, 0.15) is 0 Å². The van der Waals surface area contributed by atoms with Crippen molar-refractivity contribution >= 4 is 21.7 Å². The number of nitrogens with zero attached hydrogens (tertiary/aromatic N) is 1. The number of hydrogen-bond donors (Lipinski definition) is 1. The largest absolute Gasteiger partial charge is 0.480 e. The van der Waals surface area contributed by atoms with Crippen LogP contribution in [0.2, 0.25) is 0 Å². The highest BCUT2D eigenvalue weighted by molar-refractivity contribution is 7.90. The highest BCUT2D eigenvalue weighted by atomic mass is 32.2. The fraction of sp³-hybridized carbons (Fsp3) is 0.429. The SMILES string of the molecule is Cc1ccc(C(=O)N2CCOC[C@H]2C(=O)O)cc1S(C)(=O)=O. The summed E-state index contributed by atoms with van der Waals surface area (Å²) in [5.74, 6) is -1.66. The molecule has 1 saturated heterocycles. The first-order valence-corrected chi connectivity index (χ1v) is 8.53. The third-order valence-electron chi connectivity index (χ3n) is 3.51. The van der Waals surface area contributed by atoms with E-state index in [1.165, 1.54) is 17.0 Å². The average Bonchev–Trinajstić information content (AvgIpc) is 2.45. The molecule has 1 fully saturated rings. The first-order chi connectivity index (χ1) is 10.2. The van der Waals surface area contributed by atoms with Crippen molar-refractivity contribution in [3.8, 4) is 0 Å². The third-order valence-corrected chi connectivity index (χ3v) is 4.75. The Kier molecular flexibility index (Phi) is 4.52. The molecule has 1 aromatic rings. The predicted molar refractivity (Wildman–Crippen MR) is 77.6 cm³/mol. The summed E-state index contributed by atoms with van der Waals surface area (Å²) >= 11 is 0. The molecule has 2 rings (SSSR count). The number of ether oxygens (including phenoxy) is 1. The lowest BCUT2D eigenvalue weighted by atomic mass is 10.1.